The van der Waals surface area contributed by atoms with Crippen molar-refractivity contribution in [1.82, 2.24) is 10.2 Å². The topological polar surface area (TPSA) is 58.4 Å². The molecule has 0 bridgehead atoms. The maximum atomic E-state index is 11.2. The van der Waals surface area contributed by atoms with Crippen molar-refractivity contribution in [1.29, 1.82) is 0 Å². The average Bonchev–Trinajstić information content (AvgIpc) is 2.49. The molecule has 0 radical (unpaired) electrons. The Balaban J connectivity index is 0.00000242. The van der Waals surface area contributed by atoms with Crippen LogP contribution < -0.4 is 5.32 Å². The fourth-order valence-electron chi connectivity index (χ4n) is 2.94. The monoisotopic (exact) mass is 427 g/mol. The SMILES string of the molecule is CCC(C)[C@H](c1ccc(Br)c([N+](=O)[O-])c1)N1CCNCC1.Cl.Cl. The molecule has 1 aliphatic heterocycles. The summed E-state index contributed by atoms with van der Waals surface area (Å²) in [5.41, 5.74) is 1.19. The van der Waals surface area contributed by atoms with Crippen molar-refractivity contribution < 1.29 is 4.92 Å². The van der Waals surface area contributed by atoms with Gasteiger partial charge >= 0.3 is 0 Å². The van der Waals surface area contributed by atoms with Crippen molar-refractivity contribution in [2.45, 2.75) is 26.3 Å². The van der Waals surface area contributed by atoms with E-state index in [9.17, 15) is 10.1 Å². The molecular weight excluding hydrogens is 405 g/mol. The van der Waals surface area contributed by atoms with E-state index in [2.05, 4.69) is 40.0 Å². The fraction of sp³-hybridized carbons (Fsp3) is 0.600. The zero-order valence-corrected chi connectivity index (χ0v) is 16.5. The van der Waals surface area contributed by atoms with Crippen molar-refractivity contribution in [3.63, 3.8) is 0 Å². The van der Waals surface area contributed by atoms with Gasteiger partial charge in [0.15, 0.2) is 0 Å². The molecule has 8 heteroatoms. The second-order valence-electron chi connectivity index (χ2n) is 5.58. The Morgan fingerprint density at radius 3 is 2.48 bits per heavy atom. The molecule has 0 saturated carbocycles. The molecule has 1 unspecified atom stereocenters. The minimum Gasteiger partial charge on any atom is -0.314 e. The Morgan fingerprint density at radius 2 is 1.96 bits per heavy atom. The highest BCUT2D eigenvalue weighted by Crippen LogP contribution is 2.35. The summed E-state index contributed by atoms with van der Waals surface area (Å²) in [6.07, 6.45) is 1.05. The predicted molar refractivity (Wildman–Crippen MR) is 102 cm³/mol. The van der Waals surface area contributed by atoms with E-state index >= 15 is 0 Å². The summed E-state index contributed by atoms with van der Waals surface area (Å²) in [7, 11) is 0. The molecule has 1 N–H and O–H groups in total. The van der Waals surface area contributed by atoms with Gasteiger partial charge in [-0.1, -0.05) is 26.3 Å². The van der Waals surface area contributed by atoms with Gasteiger partial charge in [-0.3, -0.25) is 15.0 Å². The van der Waals surface area contributed by atoms with Crippen LogP contribution in [-0.2, 0) is 0 Å². The highest BCUT2D eigenvalue weighted by molar-refractivity contribution is 9.10. The van der Waals surface area contributed by atoms with E-state index < -0.39 is 0 Å². The van der Waals surface area contributed by atoms with Crippen LogP contribution >= 0.6 is 40.7 Å². The first-order valence-electron chi connectivity index (χ1n) is 7.43. The molecule has 2 atom stereocenters. The summed E-state index contributed by atoms with van der Waals surface area (Å²) in [5.74, 6) is 0.462. The van der Waals surface area contributed by atoms with Crippen LogP contribution in [0.1, 0.15) is 31.9 Å². The highest BCUT2D eigenvalue weighted by Gasteiger charge is 2.28. The van der Waals surface area contributed by atoms with Crippen LogP contribution in [0.4, 0.5) is 5.69 Å². The number of hydrogen-bond donors (Lipinski definition) is 1. The van der Waals surface area contributed by atoms with Crippen LogP contribution in [0.3, 0.4) is 0 Å². The van der Waals surface area contributed by atoms with Crippen LogP contribution in [0.25, 0.3) is 0 Å². The Morgan fingerprint density at radius 1 is 1.35 bits per heavy atom. The van der Waals surface area contributed by atoms with Gasteiger partial charge in [-0.15, -0.1) is 24.8 Å². The van der Waals surface area contributed by atoms with Crippen molar-refractivity contribution in [3.8, 4) is 0 Å². The number of piperazine rings is 1. The predicted octanol–water partition coefficient (Wildman–Crippen LogP) is 4.19. The molecule has 0 aromatic heterocycles. The van der Waals surface area contributed by atoms with Gasteiger partial charge in [-0.05, 0) is 33.5 Å². The van der Waals surface area contributed by atoms with Gasteiger partial charge in [0.25, 0.3) is 5.69 Å². The Kier molecular flexibility index (Phi) is 10.3. The molecule has 1 aromatic carbocycles. The van der Waals surface area contributed by atoms with Crippen molar-refractivity contribution in [2.75, 3.05) is 26.2 Å². The molecule has 1 saturated heterocycles. The fourth-order valence-corrected chi connectivity index (χ4v) is 3.33. The summed E-state index contributed by atoms with van der Waals surface area (Å²) in [5, 5.41) is 14.5. The minimum atomic E-state index is -0.320. The second-order valence-corrected chi connectivity index (χ2v) is 6.44. The molecule has 1 aliphatic rings. The third kappa shape index (κ3) is 5.57. The number of nitro benzene ring substituents is 1. The number of nitrogens with one attached hydrogen (secondary N) is 1. The normalized spacial score (nSPS) is 17.5. The summed E-state index contributed by atoms with van der Waals surface area (Å²) in [6.45, 7) is 8.32. The molecule has 1 fully saturated rings. The smallest absolute Gasteiger partial charge is 0.283 e. The van der Waals surface area contributed by atoms with Gasteiger partial charge < -0.3 is 5.32 Å². The molecule has 2 rings (SSSR count). The summed E-state index contributed by atoms with van der Waals surface area (Å²) in [4.78, 5) is 13.3. The summed E-state index contributed by atoms with van der Waals surface area (Å²) < 4.78 is 0.541. The Bertz CT molecular complexity index is 513. The molecule has 23 heavy (non-hydrogen) atoms. The molecule has 0 spiro atoms. The van der Waals surface area contributed by atoms with Crippen LogP contribution in [0.15, 0.2) is 22.7 Å². The lowest BCUT2D eigenvalue weighted by atomic mass is 9.90. The molecule has 1 aromatic rings. The van der Waals surface area contributed by atoms with Crippen molar-refractivity contribution in [3.05, 3.63) is 38.3 Å². The van der Waals surface area contributed by atoms with Gasteiger partial charge in [-0.2, -0.15) is 0 Å². The summed E-state index contributed by atoms with van der Waals surface area (Å²) in [6, 6.07) is 5.77. The third-order valence-electron chi connectivity index (χ3n) is 4.24. The van der Waals surface area contributed by atoms with Crippen LogP contribution in [0.5, 0.6) is 0 Å². The van der Waals surface area contributed by atoms with E-state index in [-0.39, 0.29) is 41.5 Å². The number of nitrogens with zero attached hydrogens (tertiary/aromatic N) is 2. The molecular formula is C15H24BrCl2N3O2. The number of rotatable bonds is 5. The van der Waals surface area contributed by atoms with Crippen molar-refractivity contribution >= 4 is 46.4 Å². The molecule has 0 aliphatic carbocycles. The third-order valence-corrected chi connectivity index (χ3v) is 4.91. The minimum absolute atomic E-state index is 0. The zero-order chi connectivity index (χ0) is 15.4. The largest absolute Gasteiger partial charge is 0.314 e. The second kappa shape index (κ2) is 10.5. The number of benzene rings is 1. The van der Waals surface area contributed by atoms with Crippen LogP contribution in [0, 0.1) is 16.0 Å². The summed E-state index contributed by atoms with van der Waals surface area (Å²) >= 11 is 3.27. The quantitative estimate of drug-likeness (QED) is 0.564. The van der Waals surface area contributed by atoms with Crippen LogP contribution in [0.2, 0.25) is 0 Å². The van der Waals surface area contributed by atoms with Crippen LogP contribution in [-0.4, -0.2) is 36.0 Å². The average molecular weight is 429 g/mol. The van der Waals surface area contributed by atoms with E-state index in [1.807, 2.05) is 6.07 Å². The van der Waals surface area contributed by atoms with Gasteiger partial charge in [0.1, 0.15) is 0 Å². The van der Waals surface area contributed by atoms with Crippen molar-refractivity contribution in [2.24, 2.45) is 5.92 Å². The Labute approximate surface area is 158 Å². The standard InChI is InChI=1S/C15H22BrN3O2.2ClH/c1-3-11(2)15(18-8-6-17-7-9-18)12-4-5-13(16)14(10-12)19(20)21;;/h4-5,10-11,15,17H,3,6-9H2,1-2H3;2*1H/t11?,15-;;/m1../s1. The first-order chi connectivity index (χ1) is 10.0. The maximum Gasteiger partial charge on any atom is 0.283 e. The lowest BCUT2D eigenvalue weighted by molar-refractivity contribution is -0.385. The lowest BCUT2D eigenvalue weighted by Crippen LogP contribution is -2.46. The van der Waals surface area contributed by atoms with E-state index in [1.54, 1.807) is 12.1 Å². The number of nitro groups is 1. The van der Waals surface area contributed by atoms with Gasteiger partial charge in [0.05, 0.1) is 9.40 Å². The molecule has 1 heterocycles. The zero-order valence-electron chi connectivity index (χ0n) is 13.3. The van der Waals surface area contributed by atoms with Gasteiger partial charge in [0, 0.05) is 38.3 Å². The molecule has 0 amide bonds. The number of hydrogen-bond acceptors (Lipinski definition) is 4. The lowest BCUT2D eigenvalue weighted by Gasteiger charge is -2.38. The molecule has 5 nitrogen and oxygen atoms in total. The first kappa shape index (κ1) is 22.6. The first-order valence-corrected chi connectivity index (χ1v) is 8.22. The maximum absolute atomic E-state index is 11.2. The van der Waals surface area contributed by atoms with Gasteiger partial charge in [0.2, 0.25) is 0 Å². The Hall–Kier alpha value is -0.400. The van der Waals surface area contributed by atoms with E-state index in [0.717, 1.165) is 38.2 Å². The van der Waals surface area contributed by atoms with E-state index in [0.29, 0.717) is 10.4 Å². The molecule has 132 valence electrons. The van der Waals surface area contributed by atoms with E-state index in [1.165, 1.54) is 0 Å². The van der Waals surface area contributed by atoms with Gasteiger partial charge in [-0.25, -0.2) is 0 Å². The highest BCUT2D eigenvalue weighted by atomic mass is 79.9. The number of halogens is 3. The van der Waals surface area contributed by atoms with E-state index in [4.69, 9.17) is 0 Å².